The molecule has 0 amide bonds. The molecule has 3 nitrogen and oxygen atoms in total. The van der Waals surface area contributed by atoms with Crippen LogP contribution in [-0.2, 0) is 17.9 Å². The number of benzene rings is 2. The summed E-state index contributed by atoms with van der Waals surface area (Å²) in [7, 11) is 2.06. The summed E-state index contributed by atoms with van der Waals surface area (Å²) in [5.74, 6) is 0. The van der Waals surface area contributed by atoms with E-state index in [1.165, 1.54) is 51.4 Å². The summed E-state index contributed by atoms with van der Waals surface area (Å²) in [5.41, 5.74) is 11.1. The van der Waals surface area contributed by atoms with Gasteiger partial charge in [0.2, 0.25) is 0 Å². The van der Waals surface area contributed by atoms with Crippen LogP contribution >= 0.6 is 0 Å². The van der Waals surface area contributed by atoms with E-state index < -0.39 is 0 Å². The van der Waals surface area contributed by atoms with Gasteiger partial charge in [0, 0.05) is 23.8 Å². The van der Waals surface area contributed by atoms with Crippen molar-refractivity contribution in [1.82, 2.24) is 4.98 Å². The van der Waals surface area contributed by atoms with Crippen molar-refractivity contribution in [3.05, 3.63) is 58.5 Å². The van der Waals surface area contributed by atoms with Crippen LogP contribution in [0.25, 0.3) is 33.2 Å². The number of furan rings is 1. The van der Waals surface area contributed by atoms with E-state index in [9.17, 15) is 0 Å². The molecule has 0 N–H and O–H groups in total. The number of hydrogen-bond acceptors (Lipinski definition) is 2. The second-order valence-electron chi connectivity index (χ2n) is 10.8. The van der Waals surface area contributed by atoms with Crippen LogP contribution in [0.3, 0.4) is 0 Å². The van der Waals surface area contributed by atoms with Crippen molar-refractivity contribution in [2.75, 3.05) is 0 Å². The Morgan fingerprint density at radius 2 is 1.68 bits per heavy atom. The van der Waals surface area contributed by atoms with Gasteiger partial charge in [-0.15, -0.1) is 0 Å². The third-order valence-electron chi connectivity index (χ3n) is 7.64. The van der Waals surface area contributed by atoms with Crippen LogP contribution in [0, 0.1) is 20.8 Å². The first kappa shape index (κ1) is 20.2. The van der Waals surface area contributed by atoms with Gasteiger partial charge in [0.05, 0.1) is 12.6 Å². The van der Waals surface area contributed by atoms with E-state index in [1.54, 1.807) is 0 Å². The van der Waals surface area contributed by atoms with Crippen LogP contribution in [0.5, 0.6) is 0 Å². The van der Waals surface area contributed by atoms with Crippen molar-refractivity contribution in [2.24, 2.45) is 7.05 Å². The molecule has 2 aromatic carbocycles. The molecule has 1 aliphatic rings. The Kier molecular flexibility index (Phi) is 4.19. The number of aryl methyl sites for hydroxylation is 3. The number of hydrogen-bond donors (Lipinski definition) is 0. The summed E-state index contributed by atoms with van der Waals surface area (Å²) < 4.78 is 8.76. The molecular weight excluding hydrogens is 380 g/mol. The maximum atomic E-state index is 6.66. The maximum Gasteiger partial charge on any atom is 0.286 e. The zero-order valence-electron chi connectivity index (χ0n) is 20.1. The lowest BCUT2D eigenvalue weighted by atomic mass is 9.62. The summed E-state index contributed by atoms with van der Waals surface area (Å²) in [6, 6.07) is 9.02. The van der Waals surface area contributed by atoms with E-state index in [0.29, 0.717) is 0 Å². The number of aromatic nitrogens is 2. The van der Waals surface area contributed by atoms with Gasteiger partial charge in [0.1, 0.15) is 16.9 Å². The van der Waals surface area contributed by atoms with Gasteiger partial charge in [-0.05, 0) is 71.9 Å². The van der Waals surface area contributed by atoms with Gasteiger partial charge in [0.25, 0.3) is 6.33 Å². The molecular formula is C28H33N2O+. The highest BCUT2D eigenvalue weighted by molar-refractivity contribution is 6.12. The van der Waals surface area contributed by atoms with Gasteiger partial charge in [0.15, 0.2) is 5.69 Å². The molecule has 0 unspecified atom stereocenters. The molecule has 5 rings (SSSR count). The Bertz CT molecular complexity index is 1370. The molecule has 4 aromatic rings. The first-order chi connectivity index (χ1) is 14.5. The highest BCUT2D eigenvalue weighted by Crippen LogP contribution is 2.51. The quantitative estimate of drug-likeness (QED) is 0.323. The largest absolute Gasteiger partial charge is 0.455 e. The monoisotopic (exact) mass is 413 g/mol. The first-order valence-corrected chi connectivity index (χ1v) is 11.3. The smallest absolute Gasteiger partial charge is 0.286 e. The highest BCUT2D eigenvalue weighted by atomic mass is 16.3. The van der Waals surface area contributed by atoms with Gasteiger partial charge < -0.3 is 4.42 Å². The summed E-state index contributed by atoms with van der Waals surface area (Å²) in [5, 5.41) is 2.55. The molecule has 0 atom stereocenters. The van der Waals surface area contributed by atoms with E-state index in [2.05, 4.69) is 82.4 Å². The van der Waals surface area contributed by atoms with Crippen molar-refractivity contribution < 1.29 is 8.98 Å². The standard InChI is InChI=1S/C28H33N2O/c1-16-13-19-24-22(10-9-20-25(24)28(6,7)12-11-27(20,4)5)31-26(19)23(18(16)3)21-14-17(2)29-15-30(21)8/h9-10,13-15H,11-12H2,1-8H3/q+1. The predicted octanol–water partition coefficient (Wildman–Crippen LogP) is 6.75. The van der Waals surface area contributed by atoms with E-state index in [0.717, 1.165) is 22.6 Å². The maximum absolute atomic E-state index is 6.66. The van der Waals surface area contributed by atoms with Crippen LogP contribution in [0.2, 0.25) is 0 Å². The Morgan fingerprint density at radius 3 is 2.42 bits per heavy atom. The van der Waals surface area contributed by atoms with Crippen molar-refractivity contribution in [1.29, 1.82) is 0 Å². The third kappa shape index (κ3) is 2.86. The second-order valence-corrected chi connectivity index (χ2v) is 10.8. The molecule has 0 radical (unpaired) electrons. The second kappa shape index (κ2) is 6.41. The summed E-state index contributed by atoms with van der Waals surface area (Å²) in [6.07, 6.45) is 4.30. The van der Waals surface area contributed by atoms with Gasteiger partial charge in [-0.3, -0.25) is 0 Å². The third-order valence-corrected chi connectivity index (χ3v) is 7.64. The Labute approximate surface area is 185 Å². The van der Waals surface area contributed by atoms with E-state index >= 15 is 0 Å². The molecule has 2 aromatic heterocycles. The van der Waals surface area contributed by atoms with Gasteiger partial charge >= 0.3 is 0 Å². The number of rotatable bonds is 1. The van der Waals surface area contributed by atoms with E-state index in [1.807, 2.05) is 13.3 Å². The van der Waals surface area contributed by atoms with Crippen LogP contribution in [0.1, 0.15) is 68.5 Å². The molecule has 0 bridgehead atoms. The first-order valence-electron chi connectivity index (χ1n) is 11.3. The molecule has 0 saturated carbocycles. The zero-order chi connectivity index (χ0) is 22.3. The predicted molar refractivity (Wildman–Crippen MR) is 128 cm³/mol. The SMILES string of the molecule is Cc1cc(-c2c(C)c(C)cc3c2oc2ccc4c(c23)C(C)(C)CCC4(C)C)[n+](C)cn1. The van der Waals surface area contributed by atoms with Gasteiger partial charge in [-0.1, -0.05) is 38.7 Å². The highest BCUT2D eigenvalue weighted by Gasteiger charge is 2.39. The average molecular weight is 414 g/mol. The summed E-state index contributed by atoms with van der Waals surface area (Å²) in [6.45, 7) is 16.0. The van der Waals surface area contributed by atoms with Gasteiger partial charge in [-0.25, -0.2) is 4.57 Å². The van der Waals surface area contributed by atoms with Crippen molar-refractivity contribution >= 4 is 21.9 Å². The molecule has 1 aliphatic carbocycles. The van der Waals surface area contributed by atoms with Crippen LogP contribution in [0.15, 0.2) is 35.0 Å². The van der Waals surface area contributed by atoms with E-state index in [-0.39, 0.29) is 10.8 Å². The molecule has 0 fully saturated rings. The fourth-order valence-electron chi connectivity index (χ4n) is 5.52. The fraction of sp³-hybridized carbons (Fsp3) is 0.429. The lowest BCUT2D eigenvalue weighted by Crippen LogP contribution is -2.33. The lowest BCUT2D eigenvalue weighted by Gasteiger charge is -2.42. The molecule has 0 aliphatic heterocycles. The average Bonchev–Trinajstić information content (AvgIpc) is 3.06. The Hall–Kier alpha value is -2.68. The number of nitrogens with zero attached hydrogens (tertiary/aromatic N) is 2. The molecule has 160 valence electrons. The van der Waals surface area contributed by atoms with Crippen LogP contribution in [-0.4, -0.2) is 4.98 Å². The summed E-state index contributed by atoms with van der Waals surface area (Å²) in [4.78, 5) is 4.46. The molecule has 2 heterocycles. The minimum atomic E-state index is 0.123. The van der Waals surface area contributed by atoms with Crippen molar-refractivity contribution in [2.45, 2.75) is 72.1 Å². The topological polar surface area (TPSA) is 29.9 Å². The number of fused-ring (bicyclic) bond motifs is 5. The lowest BCUT2D eigenvalue weighted by molar-refractivity contribution is -0.663. The molecule has 31 heavy (non-hydrogen) atoms. The van der Waals surface area contributed by atoms with Crippen molar-refractivity contribution in [3.63, 3.8) is 0 Å². The van der Waals surface area contributed by atoms with Crippen molar-refractivity contribution in [3.8, 4) is 11.3 Å². The fourth-order valence-corrected chi connectivity index (χ4v) is 5.52. The Balaban J connectivity index is 1.98. The van der Waals surface area contributed by atoms with E-state index in [4.69, 9.17) is 4.42 Å². The zero-order valence-corrected chi connectivity index (χ0v) is 20.1. The molecule has 3 heteroatoms. The molecule has 0 spiro atoms. The Morgan fingerprint density at radius 1 is 0.968 bits per heavy atom. The summed E-state index contributed by atoms with van der Waals surface area (Å²) >= 11 is 0. The van der Waals surface area contributed by atoms with Gasteiger partial charge in [-0.2, -0.15) is 0 Å². The normalized spacial score (nSPS) is 17.3. The minimum Gasteiger partial charge on any atom is -0.455 e. The van der Waals surface area contributed by atoms with Crippen LogP contribution in [0.4, 0.5) is 0 Å². The van der Waals surface area contributed by atoms with Crippen LogP contribution < -0.4 is 4.57 Å². The minimum absolute atomic E-state index is 0.123. The molecule has 0 saturated heterocycles.